The van der Waals surface area contributed by atoms with Gasteiger partial charge in [-0.2, -0.15) is 0 Å². The fourth-order valence-corrected chi connectivity index (χ4v) is 8.95. The quantitative estimate of drug-likeness (QED) is 0.270. The van der Waals surface area contributed by atoms with Gasteiger partial charge in [-0.25, -0.2) is 5.43 Å². The summed E-state index contributed by atoms with van der Waals surface area (Å²) >= 11 is 0. The van der Waals surface area contributed by atoms with Crippen LogP contribution in [0.2, 0.25) is 0 Å². The topological polar surface area (TPSA) is 136 Å². The summed E-state index contributed by atoms with van der Waals surface area (Å²) in [5.74, 6) is -0.347. The number of aromatic nitrogens is 2. The maximum absolute atomic E-state index is 14.3. The first kappa shape index (κ1) is 41.1. The van der Waals surface area contributed by atoms with E-state index >= 15 is 0 Å². The maximum Gasteiger partial charge on any atom is 0.324 e. The molecule has 13 heteroatoms. The second-order valence-corrected chi connectivity index (χ2v) is 17.7. The molecule has 6 bridgehead atoms. The molecular weight excluding hydrogens is 725 g/mol. The number of hydrazine groups is 1. The van der Waals surface area contributed by atoms with Gasteiger partial charge in [0.1, 0.15) is 12.1 Å². The molecule has 1 aromatic carbocycles. The van der Waals surface area contributed by atoms with Crippen LogP contribution in [0.1, 0.15) is 85.1 Å². The van der Waals surface area contributed by atoms with Crippen molar-refractivity contribution < 1.29 is 33.3 Å². The number of rotatable bonds is 9. The molecule has 2 N–H and O–H groups in total. The molecule has 5 heterocycles. The van der Waals surface area contributed by atoms with Gasteiger partial charge in [-0.3, -0.25) is 24.4 Å². The number of carbonyl (C=O) groups excluding carboxylic acids is 3. The minimum Gasteiger partial charge on any atom is -0.464 e. The monoisotopic (exact) mass is 786 g/mol. The van der Waals surface area contributed by atoms with E-state index in [0.29, 0.717) is 65.1 Å². The van der Waals surface area contributed by atoms with E-state index in [9.17, 15) is 14.4 Å². The summed E-state index contributed by atoms with van der Waals surface area (Å²) in [5, 5.41) is 5.73. The third-order valence-electron chi connectivity index (χ3n) is 12.5. The summed E-state index contributed by atoms with van der Waals surface area (Å²) < 4.78 is 26.8. The molecular formula is C44H62N6O7. The van der Waals surface area contributed by atoms with E-state index in [1.807, 2.05) is 33.0 Å². The first-order chi connectivity index (χ1) is 27.3. The summed E-state index contributed by atoms with van der Waals surface area (Å²) in [6.45, 7) is 18.0. The van der Waals surface area contributed by atoms with Gasteiger partial charge in [-0.05, 0) is 87.8 Å². The predicted octanol–water partition coefficient (Wildman–Crippen LogP) is 5.44. The molecule has 2 amide bonds. The van der Waals surface area contributed by atoms with Gasteiger partial charge in [0.2, 0.25) is 5.91 Å². The lowest BCUT2D eigenvalue weighted by Gasteiger charge is -2.38. The van der Waals surface area contributed by atoms with E-state index in [1.165, 1.54) is 5.01 Å². The van der Waals surface area contributed by atoms with Crippen LogP contribution in [0.5, 0.6) is 0 Å². The number of esters is 1. The van der Waals surface area contributed by atoms with Gasteiger partial charge < -0.3 is 33.7 Å². The highest BCUT2D eigenvalue weighted by atomic mass is 16.5. The van der Waals surface area contributed by atoms with E-state index in [4.69, 9.17) is 23.9 Å². The number of carbonyl (C=O) groups is 3. The van der Waals surface area contributed by atoms with Crippen molar-refractivity contribution in [2.75, 3.05) is 51.5 Å². The lowest BCUT2D eigenvalue weighted by molar-refractivity contribution is -0.155. The zero-order valence-corrected chi connectivity index (χ0v) is 35.0. The lowest BCUT2D eigenvalue weighted by Crippen LogP contribution is -2.61. The first-order valence-corrected chi connectivity index (χ1v) is 20.9. The largest absolute Gasteiger partial charge is 0.464 e. The molecule has 0 unspecified atom stereocenters. The van der Waals surface area contributed by atoms with Gasteiger partial charge in [0.15, 0.2) is 0 Å². The van der Waals surface area contributed by atoms with Gasteiger partial charge in [0.05, 0.1) is 49.5 Å². The number of ether oxygens (including phenoxy) is 4. The van der Waals surface area contributed by atoms with Crippen LogP contribution in [0.3, 0.4) is 0 Å². The maximum atomic E-state index is 14.3. The number of benzene rings is 1. The second kappa shape index (κ2) is 17.1. The van der Waals surface area contributed by atoms with Crippen LogP contribution in [-0.2, 0) is 46.3 Å². The van der Waals surface area contributed by atoms with Gasteiger partial charge in [-0.15, -0.1) is 0 Å². The molecule has 4 aliphatic rings. The fraction of sp³-hybridized carbons (Fsp3) is 0.636. The number of anilines is 1. The molecule has 7 rings (SSSR count). The van der Waals surface area contributed by atoms with Gasteiger partial charge >= 0.3 is 5.97 Å². The number of cyclic esters (lactones) is 1. The smallest absolute Gasteiger partial charge is 0.324 e. The molecule has 13 nitrogen and oxygen atoms in total. The van der Waals surface area contributed by atoms with Crippen molar-refractivity contribution in [2.45, 2.75) is 111 Å². The Hall–Kier alpha value is -4.04. The number of nitrogens with one attached hydrogen (secondary N) is 2. The molecule has 2 aromatic heterocycles. The zero-order valence-electron chi connectivity index (χ0n) is 35.0. The number of amides is 2. The van der Waals surface area contributed by atoms with Crippen molar-refractivity contribution >= 4 is 34.4 Å². The second-order valence-electron chi connectivity index (χ2n) is 17.7. The molecule has 57 heavy (non-hydrogen) atoms. The number of nitrogens with zero attached hydrogens (tertiary/aromatic N) is 4. The number of hydrogen-bond acceptors (Lipinski definition) is 10. The van der Waals surface area contributed by atoms with Gasteiger partial charge in [0, 0.05) is 79.4 Å². The first-order valence-electron chi connectivity index (χ1n) is 20.9. The van der Waals surface area contributed by atoms with Crippen LogP contribution < -0.4 is 15.6 Å². The van der Waals surface area contributed by atoms with Crippen molar-refractivity contribution in [3.8, 4) is 11.3 Å². The third-order valence-corrected chi connectivity index (χ3v) is 12.5. The Morgan fingerprint density at radius 1 is 1.12 bits per heavy atom. The van der Waals surface area contributed by atoms with Crippen LogP contribution in [0.15, 0.2) is 36.5 Å². The lowest BCUT2D eigenvalue weighted by atomic mass is 9.84. The summed E-state index contributed by atoms with van der Waals surface area (Å²) in [5.41, 5.74) is 8.86. The SMILES string of the molecule is CO[C@@H](C)c1ncccc1-c1c2c3cc(ccc3n1CCOC(C)C)N1CCO[C@@H](C[C@H](NC(=O)[C@H]3[C@H](C)[C@@H]3C)C(=O)N3CCC[C@H](N3)C(=O)OCC(C)(C)C2)C1. The highest BCUT2D eigenvalue weighted by Crippen LogP contribution is 2.46. The fourth-order valence-electron chi connectivity index (χ4n) is 8.95. The molecule has 0 radical (unpaired) electrons. The van der Waals surface area contributed by atoms with Crippen molar-refractivity contribution in [1.82, 2.24) is 25.3 Å². The van der Waals surface area contributed by atoms with E-state index in [2.05, 4.69) is 72.2 Å². The molecule has 310 valence electrons. The van der Waals surface area contributed by atoms with Crippen molar-refractivity contribution in [3.05, 3.63) is 47.8 Å². The number of fused-ring (bicyclic) bond motifs is 6. The predicted molar refractivity (Wildman–Crippen MR) is 218 cm³/mol. The molecule has 3 fully saturated rings. The van der Waals surface area contributed by atoms with Crippen molar-refractivity contribution in [2.24, 2.45) is 23.2 Å². The molecule has 3 aliphatic heterocycles. The number of morpholine rings is 1. The van der Waals surface area contributed by atoms with Crippen LogP contribution in [0, 0.1) is 23.2 Å². The minimum absolute atomic E-state index is 0.0810. The summed E-state index contributed by atoms with van der Waals surface area (Å²) in [6.07, 6.45) is 3.41. The standard InChI is InChI=1S/C44H62N6O7/c1-26(2)55-20-18-49-37-14-13-30-21-33(37)34(40(49)32-11-9-15-45-39(32)29(5)54-8)23-44(6,7)25-57-43(53)35-12-10-16-50(47-35)42(52)36(22-31-24-48(30)17-19-56-31)46-41(51)38-27(3)28(38)4/h9,11,13-15,21,26-29,31,35-36,38,47H,10,12,16-20,22-25H2,1-8H3,(H,46,51)/t27-,28+,29-,31-,35-,36-,38+/m0/s1. The molecule has 1 aliphatic carbocycles. The zero-order chi connectivity index (χ0) is 40.6. The normalized spacial score (nSPS) is 27.2. The highest BCUT2D eigenvalue weighted by Gasteiger charge is 2.49. The Kier molecular flexibility index (Phi) is 12.3. The van der Waals surface area contributed by atoms with Crippen LogP contribution in [0.25, 0.3) is 22.2 Å². The Bertz CT molecular complexity index is 1940. The van der Waals surface area contributed by atoms with Crippen molar-refractivity contribution in [1.29, 1.82) is 0 Å². The minimum atomic E-state index is -0.815. The molecule has 7 atom stereocenters. The van der Waals surface area contributed by atoms with E-state index in [0.717, 1.165) is 39.1 Å². The molecule has 1 saturated carbocycles. The summed E-state index contributed by atoms with van der Waals surface area (Å²) in [4.78, 5) is 48.7. The van der Waals surface area contributed by atoms with E-state index in [1.54, 1.807) is 7.11 Å². The molecule has 2 saturated heterocycles. The van der Waals surface area contributed by atoms with Gasteiger partial charge in [-0.1, -0.05) is 27.7 Å². The number of methoxy groups -OCH3 is 1. The average Bonchev–Trinajstić information content (AvgIpc) is 3.70. The summed E-state index contributed by atoms with van der Waals surface area (Å²) in [7, 11) is 1.70. The average molecular weight is 787 g/mol. The molecule has 3 aromatic rings. The molecule has 0 spiro atoms. The van der Waals surface area contributed by atoms with Crippen LogP contribution in [0.4, 0.5) is 5.69 Å². The van der Waals surface area contributed by atoms with Crippen LogP contribution >= 0.6 is 0 Å². The Labute approximate surface area is 337 Å². The Morgan fingerprint density at radius 2 is 1.91 bits per heavy atom. The third kappa shape index (κ3) is 8.86. The Balaban J connectivity index is 1.33. The van der Waals surface area contributed by atoms with Gasteiger partial charge in [0.25, 0.3) is 5.91 Å². The number of hydrogen-bond donors (Lipinski definition) is 2. The Morgan fingerprint density at radius 3 is 2.65 bits per heavy atom. The highest BCUT2D eigenvalue weighted by molar-refractivity contribution is 5.95. The van der Waals surface area contributed by atoms with E-state index in [-0.39, 0.29) is 54.5 Å². The van der Waals surface area contributed by atoms with Crippen LogP contribution in [-0.4, -0.2) is 103 Å². The van der Waals surface area contributed by atoms with E-state index < -0.39 is 23.5 Å². The summed E-state index contributed by atoms with van der Waals surface area (Å²) in [6, 6.07) is 9.23. The number of pyridine rings is 1. The van der Waals surface area contributed by atoms with Crippen molar-refractivity contribution in [3.63, 3.8) is 0 Å².